The molecule has 0 spiro atoms. The summed E-state index contributed by atoms with van der Waals surface area (Å²) in [5.41, 5.74) is 0.433. The van der Waals surface area contributed by atoms with Crippen LogP contribution in [-0.4, -0.2) is 29.7 Å². The van der Waals surface area contributed by atoms with Crippen LogP contribution in [-0.2, 0) is 4.79 Å². The Morgan fingerprint density at radius 3 is 2.68 bits per heavy atom. The number of nitrogens with one attached hydrogen (secondary N) is 1. The van der Waals surface area contributed by atoms with Crippen molar-refractivity contribution in [1.82, 2.24) is 5.32 Å². The van der Waals surface area contributed by atoms with Crippen LogP contribution in [0.4, 0.5) is 14.9 Å². The lowest BCUT2D eigenvalue weighted by Crippen LogP contribution is -2.44. The highest BCUT2D eigenvalue weighted by molar-refractivity contribution is 5.92. The van der Waals surface area contributed by atoms with Gasteiger partial charge >= 0.3 is 12.0 Å². The molecule has 0 fully saturated rings. The van der Waals surface area contributed by atoms with E-state index in [1.807, 2.05) is 0 Å². The molecule has 0 aliphatic carbocycles. The molecule has 0 aliphatic rings. The van der Waals surface area contributed by atoms with Crippen molar-refractivity contribution in [1.29, 1.82) is 0 Å². The third-order valence-electron chi connectivity index (χ3n) is 2.53. The monoisotopic (exact) mass is 268 g/mol. The van der Waals surface area contributed by atoms with Crippen LogP contribution in [0.25, 0.3) is 0 Å². The molecule has 19 heavy (non-hydrogen) atoms. The molecule has 104 valence electrons. The van der Waals surface area contributed by atoms with Gasteiger partial charge in [-0.3, -0.25) is 9.69 Å². The van der Waals surface area contributed by atoms with Crippen molar-refractivity contribution >= 4 is 17.7 Å². The number of carboxylic acid groups (broad SMARTS) is 1. The molecular weight excluding hydrogens is 251 g/mol. The summed E-state index contributed by atoms with van der Waals surface area (Å²) in [5.74, 6) is -1.41. The average Bonchev–Trinajstić information content (AvgIpc) is 2.28. The minimum atomic E-state index is -0.985. The lowest BCUT2D eigenvalue weighted by Gasteiger charge is -2.23. The van der Waals surface area contributed by atoms with Gasteiger partial charge in [-0.1, -0.05) is 6.07 Å². The standard InChI is InChI=1S/C13H17FN2O3/c1-3-16(11-6-4-5-10(14)8-11)13(19)15-9(2)7-12(17)18/h4-6,8-9H,3,7H2,1-2H3,(H,15,19)(H,17,18). The maximum Gasteiger partial charge on any atom is 0.322 e. The van der Waals surface area contributed by atoms with E-state index in [1.165, 1.54) is 23.1 Å². The van der Waals surface area contributed by atoms with Gasteiger partial charge in [0.25, 0.3) is 0 Å². The number of aliphatic carboxylic acids is 1. The molecule has 0 bridgehead atoms. The number of nitrogens with zero attached hydrogens (tertiary/aromatic N) is 1. The molecular formula is C13H17FN2O3. The van der Waals surface area contributed by atoms with Crippen LogP contribution < -0.4 is 10.2 Å². The minimum Gasteiger partial charge on any atom is -0.481 e. The zero-order chi connectivity index (χ0) is 14.4. The van der Waals surface area contributed by atoms with Crippen LogP contribution in [0.5, 0.6) is 0 Å². The Labute approximate surface area is 111 Å². The summed E-state index contributed by atoms with van der Waals surface area (Å²) in [4.78, 5) is 23.9. The van der Waals surface area contributed by atoms with Crippen molar-refractivity contribution in [3.63, 3.8) is 0 Å². The van der Waals surface area contributed by atoms with Crippen LogP contribution in [0.3, 0.4) is 0 Å². The van der Waals surface area contributed by atoms with Crippen molar-refractivity contribution in [2.24, 2.45) is 0 Å². The first kappa shape index (κ1) is 14.9. The van der Waals surface area contributed by atoms with Crippen molar-refractivity contribution in [2.45, 2.75) is 26.3 Å². The Hall–Kier alpha value is -2.11. The van der Waals surface area contributed by atoms with Gasteiger partial charge in [-0.2, -0.15) is 0 Å². The summed E-state index contributed by atoms with van der Waals surface area (Å²) in [7, 11) is 0. The van der Waals surface area contributed by atoms with Crippen LogP contribution in [0, 0.1) is 5.82 Å². The molecule has 1 aromatic rings. The van der Waals surface area contributed by atoms with Gasteiger partial charge in [0, 0.05) is 18.3 Å². The Morgan fingerprint density at radius 1 is 1.47 bits per heavy atom. The third kappa shape index (κ3) is 4.57. The van der Waals surface area contributed by atoms with Gasteiger partial charge in [-0.25, -0.2) is 9.18 Å². The Balaban J connectivity index is 2.74. The fraction of sp³-hybridized carbons (Fsp3) is 0.385. The molecule has 1 rings (SSSR count). The summed E-state index contributed by atoms with van der Waals surface area (Å²) >= 11 is 0. The molecule has 1 unspecified atom stereocenters. The van der Waals surface area contributed by atoms with E-state index in [2.05, 4.69) is 5.32 Å². The molecule has 6 heteroatoms. The zero-order valence-corrected chi connectivity index (χ0v) is 10.9. The van der Waals surface area contributed by atoms with Gasteiger partial charge in [0.1, 0.15) is 5.82 Å². The Kier molecular flexibility index (Phi) is 5.29. The number of amides is 2. The van der Waals surface area contributed by atoms with Gasteiger partial charge in [0.05, 0.1) is 6.42 Å². The molecule has 0 saturated carbocycles. The molecule has 2 amide bonds. The normalized spacial score (nSPS) is 11.7. The summed E-state index contributed by atoms with van der Waals surface area (Å²) < 4.78 is 13.1. The number of hydrogen-bond donors (Lipinski definition) is 2. The maximum atomic E-state index is 13.1. The van der Waals surface area contributed by atoms with Crippen molar-refractivity contribution in [3.05, 3.63) is 30.1 Å². The van der Waals surface area contributed by atoms with Gasteiger partial charge < -0.3 is 10.4 Å². The van der Waals surface area contributed by atoms with E-state index < -0.39 is 23.9 Å². The fourth-order valence-electron chi connectivity index (χ4n) is 1.69. The molecule has 1 aromatic carbocycles. The average molecular weight is 268 g/mol. The lowest BCUT2D eigenvalue weighted by molar-refractivity contribution is -0.137. The minimum absolute atomic E-state index is 0.160. The van der Waals surface area contributed by atoms with Crippen LogP contribution >= 0.6 is 0 Å². The number of carbonyl (C=O) groups excluding carboxylic acids is 1. The molecule has 0 heterocycles. The van der Waals surface area contributed by atoms with Gasteiger partial charge in [-0.05, 0) is 32.0 Å². The summed E-state index contributed by atoms with van der Waals surface area (Å²) in [5, 5.41) is 11.2. The van der Waals surface area contributed by atoms with E-state index in [4.69, 9.17) is 5.11 Å². The number of halogens is 1. The number of carbonyl (C=O) groups is 2. The molecule has 0 saturated heterocycles. The molecule has 2 N–H and O–H groups in total. The maximum absolute atomic E-state index is 13.1. The third-order valence-corrected chi connectivity index (χ3v) is 2.53. The number of benzene rings is 1. The first-order valence-corrected chi connectivity index (χ1v) is 5.99. The second kappa shape index (κ2) is 6.72. The highest BCUT2D eigenvalue weighted by Crippen LogP contribution is 2.15. The SMILES string of the molecule is CCN(C(=O)NC(C)CC(=O)O)c1cccc(F)c1. The van der Waals surface area contributed by atoms with Crippen LogP contribution in [0.1, 0.15) is 20.3 Å². The summed E-state index contributed by atoms with van der Waals surface area (Å²) in [6.07, 6.45) is -0.160. The molecule has 0 aliphatic heterocycles. The summed E-state index contributed by atoms with van der Waals surface area (Å²) in [6.45, 7) is 3.72. The number of anilines is 1. The van der Waals surface area contributed by atoms with E-state index in [-0.39, 0.29) is 6.42 Å². The lowest BCUT2D eigenvalue weighted by atomic mass is 10.2. The van der Waals surface area contributed by atoms with E-state index >= 15 is 0 Å². The number of rotatable bonds is 5. The first-order valence-electron chi connectivity index (χ1n) is 5.99. The highest BCUT2D eigenvalue weighted by atomic mass is 19.1. The fourth-order valence-corrected chi connectivity index (χ4v) is 1.69. The topological polar surface area (TPSA) is 69.6 Å². The molecule has 5 nitrogen and oxygen atoms in total. The van der Waals surface area contributed by atoms with E-state index in [0.717, 1.165) is 0 Å². The van der Waals surface area contributed by atoms with E-state index in [0.29, 0.717) is 12.2 Å². The van der Waals surface area contributed by atoms with Crippen LogP contribution in [0.2, 0.25) is 0 Å². The predicted octanol–water partition coefficient (Wildman–Crippen LogP) is 2.22. The molecule has 0 aromatic heterocycles. The zero-order valence-electron chi connectivity index (χ0n) is 10.9. The Bertz CT molecular complexity index is 465. The molecule has 1 atom stereocenters. The largest absolute Gasteiger partial charge is 0.481 e. The van der Waals surface area contributed by atoms with Crippen molar-refractivity contribution in [2.75, 3.05) is 11.4 Å². The van der Waals surface area contributed by atoms with Crippen molar-refractivity contribution in [3.8, 4) is 0 Å². The quantitative estimate of drug-likeness (QED) is 0.860. The Morgan fingerprint density at radius 2 is 2.16 bits per heavy atom. The van der Waals surface area contributed by atoms with Gasteiger partial charge in [-0.15, -0.1) is 0 Å². The number of hydrogen-bond acceptors (Lipinski definition) is 2. The van der Waals surface area contributed by atoms with Gasteiger partial charge in [0.2, 0.25) is 0 Å². The first-order chi connectivity index (χ1) is 8.93. The smallest absolute Gasteiger partial charge is 0.322 e. The van der Waals surface area contributed by atoms with E-state index in [9.17, 15) is 14.0 Å². The number of carboxylic acids is 1. The van der Waals surface area contributed by atoms with Crippen molar-refractivity contribution < 1.29 is 19.1 Å². The number of urea groups is 1. The van der Waals surface area contributed by atoms with E-state index in [1.54, 1.807) is 19.9 Å². The second-order valence-corrected chi connectivity index (χ2v) is 4.17. The highest BCUT2D eigenvalue weighted by Gasteiger charge is 2.17. The van der Waals surface area contributed by atoms with Gasteiger partial charge in [0.15, 0.2) is 0 Å². The second-order valence-electron chi connectivity index (χ2n) is 4.17. The van der Waals surface area contributed by atoms with Crippen LogP contribution in [0.15, 0.2) is 24.3 Å². The summed E-state index contributed by atoms with van der Waals surface area (Å²) in [6, 6.07) is 4.75. The molecule has 0 radical (unpaired) electrons. The predicted molar refractivity (Wildman–Crippen MR) is 69.7 cm³/mol.